The number of halogens is 3. The predicted molar refractivity (Wildman–Crippen MR) is 125 cm³/mol. The number of rotatable bonds is 3. The molecule has 1 amide bonds. The van der Waals surface area contributed by atoms with Gasteiger partial charge in [-0.25, -0.2) is 0 Å². The number of amides is 1. The molecule has 0 bridgehead atoms. The van der Waals surface area contributed by atoms with Crippen molar-refractivity contribution in [1.82, 2.24) is 9.47 Å². The number of benzene rings is 2. The summed E-state index contributed by atoms with van der Waals surface area (Å²) >= 11 is 0. The first-order valence-electron chi connectivity index (χ1n) is 11.7. The highest BCUT2D eigenvalue weighted by Gasteiger charge is 2.48. The van der Waals surface area contributed by atoms with Crippen molar-refractivity contribution in [1.29, 1.82) is 0 Å². The zero-order valence-corrected chi connectivity index (χ0v) is 19.6. The monoisotopic (exact) mass is 484 g/mol. The van der Waals surface area contributed by atoms with Crippen LogP contribution in [-0.4, -0.2) is 39.2 Å². The van der Waals surface area contributed by atoms with Gasteiger partial charge >= 0.3 is 6.18 Å². The van der Waals surface area contributed by atoms with Crippen LogP contribution in [0.15, 0.2) is 60.7 Å². The van der Waals surface area contributed by atoms with Gasteiger partial charge in [0, 0.05) is 37.9 Å². The van der Waals surface area contributed by atoms with Crippen molar-refractivity contribution in [2.45, 2.75) is 50.5 Å². The zero-order valence-electron chi connectivity index (χ0n) is 19.6. The van der Waals surface area contributed by atoms with Crippen LogP contribution in [0.25, 0.3) is 5.69 Å². The topological polar surface area (TPSA) is 54.7 Å². The molecule has 0 atom stereocenters. The normalized spacial score (nSPS) is 17.0. The lowest BCUT2D eigenvalue weighted by Gasteiger charge is -2.45. The molecular formula is C27H27F3N2O3. The lowest BCUT2D eigenvalue weighted by Crippen LogP contribution is -2.50. The number of carbonyl (C=O) groups excluding carboxylic acids is 1. The first kappa shape index (κ1) is 23.5. The molecule has 8 heteroatoms. The van der Waals surface area contributed by atoms with E-state index in [4.69, 9.17) is 4.74 Å². The smallest absolute Gasteiger partial charge is 0.431 e. The van der Waals surface area contributed by atoms with E-state index in [0.717, 1.165) is 11.6 Å². The number of hydrogen-bond acceptors (Lipinski definition) is 3. The van der Waals surface area contributed by atoms with Gasteiger partial charge in [-0.3, -0.25) is 4.79 Å². The maximum Gasteiger partial charge on any atom is 0.431 e. The van der Waals surface area contributed by atoms with Crippen LogP contribution >= 0.6 is 0 Å². The lowest BCUT2D eigenvalue weighted by atomic mass is 9.86. The van der Waals surface area contributed by atoms with E-state index in [1.54, 1.807) is 55.1 Å². The third kappa shape index (κ3) is 4.31. The molecule has 2 aliphatic heterocycles. The number of alkyl halides is 3. The minimum Gasteiger partial charge on any atom is -0.479 e. The van der Waals surface area contributed by atoms with Gasteiger partial charge in [-0.05, 0) is 55.8 Å². The van der Waals surface area contributed by atoms with E-state index in [2.05, 4.69) is 0 Å². The van der Waals surface area contributed by atoms with Crippen molar-refractivity contribution in [2.24, 2.45) is 0 Å². The van der Waals surface area contributed by atoms with E-state index < -0.39 is 23.1 Å². The Bertz CT molecular complexity index is 1250. The molecule has 1 saturated heterocycles. The summed E-state index contributed by atoms with van der Waals surface area (Å²) in [6.45, 7) is 4.18. The number of fused-ring (bicyclic) bond motifs is 4. The van der Waals surface area contributed by atoms with Crippen molar-refractivity contribution >= 4 is 5.91 Å². The molecule has 0 unspecified atom stereocenters. The number of nitrogens with zero attached hydrogens (tertiary/aromatic N) is 2. The van der Waals surface area contributed by atoms with Gasteiger partial charge in [0.05, 0.1) is 17.0 Å². The largest absolute Gasteiger partial charge is 0.479 e. The Kier molecular flexibility index (Phi) is 5.47. The number of likely N-dealkylation sites (tertiary alicyclic amines) is 1. The molecule has 1 N–H and O–H groups in total. The summed E-state index contributed by atoms with van der Waals surface area (Å²) in [6.07, 6.45) is -3.26. The number of piperidine rings is 1. The van der Waals surface area contributed by atoms with Gasteiger partial charge in [0.1, 0.15) is 11.4 Å². The molecule has 0 saturated carbocycles. The number of para-hydroxylation sites is 2. The molecule has 5 nitrogen and oxygen atoms in total. The number of aliphatic hydroxyl groups is 1. The first-order valence-corrected chi connectivity index (χ1v) is 11.7. The Balaban J connectivity index is 1.38. The van der Waals surface area contributed by atoms with Crippen LogP contribution in [0.3, 0.4) is 0 Å². The number of ether oxygens (including phenoxy) is 1. The molecule has 1 spiro atoms. The second kappa shape index (κ2) is 8.16. The third-order valence-electron chi connectivity index (χ3n) is 6.75. The van der Waals surface area contributed by atoms with Crippen molar-refractivity contribution in [3.8, 4) is 11.4 Å². The summed E-state index contributed by atoms with van der Waals surface area (Å²) < 4.78 is 49.0. The second-order valence-electron chi connectivity index (χ2n) is 9.98. The molecule has 1 fully saturated rings. The highest BCUT2D eigenvalue weighted by molar-refractivity contribution is 5.94. The SMILES string of the molecule is CC(C)(O)Cc1ccc(C(=O)N2CCC3(CC2)Oc2ccccc2-n2c(C(F)(F)F)ccc23)cc1. The third-order valence-corrected chi connectivity index (χ3v) is 6.75. The van der Waals surface area contributed by atoms with Crippen LogP contribution in [0.1, 0.15) is 54.0 Å². The van der Waals surface area contributed by atoms with E-state index in [1.807, 2.05) is 12.1 Å². The quantitative estimate of drug-likeness (QED) is 0.547. The fraction of sp³-hybridized carbons (Fsp3) is 0.370. The Morgan fingerprint density at radius 2 is 1.66 bits per heavy atom. The predicted octanol–water partition coefficient (Wildman–Crippen LogP) is 5.33. The van der Waals surface area contributed by atoms with E-state index in [9.17, 15) is 23.1 Å². The molecule has 1 aromatic heterocycles. The summed E-state index contributed by atoms with van der Waals surface area (Å²) in [5.41, 5.74) is -0.200. The lowest BCUT2D eigenvalue weighted by molar-refractivity contribution is -0.143. The van der Waals surface area contributed by atoms with Gasteiger partial charge in [-0.15, -0.1) is 0 Å². The minimum absolute atomic E-state index is 0.128. The average Bonchev–Trinajstić information content (AvgIpc) is 3.26. The van der Waals surface area contributed by atoms with Crippen LogP contribution in [-0.2, 0) is 18.2 Å². The zero-order chi connectivity index (χ0) is 25.0. The summed E-state index contributed by atoms with van der Waals surface area (Å²) in [6, 6.07) is 16.5. The Labute approximate surface area is 201 Å². The molecule has 2 aliphatic rings. The van der Waals surface area contributed by atoms with Crippen molar-refractivity contribution < 1.29 is 27.8 Å². The number of carbonyl (C=O) groups is 1. The van der Waals surface area contributed by atoms with Gasteiger partial charge in [0.25, 0.3) is 5.91 Å². The Morgan fingerprint density at radius 1 is 1.00 bits per heavy atom. The van der Waals surface area contributed by atoms with Gasteiger partial charge in [0.15, 0.2) is 5.60 Å². The van der Waals surface area contributed by atoms with E-state index in [1.165, 1.54) is 10.6 Å². The van der Waals surface area contributed by atoms with E-state index >= 15 is 0 Å². The van der Waals surface area contributed by atoms with Gasteiger partial charge in [-0.2, -0.15) is 13.2 Å². The summed E-state index contributed by atoms with van der Waals surface area (Å²) in [5, 5.41) is 10.0. The van der Waals surface area contributed by atoms with Crippen LogP contribution in [0, 0.1) is 0 Å². The number of hydrogen-bond donors (Lipinski definition) is 1. The highest BCUT2D eigenvalue weighted by Crippen LogP contribution is 2.48. The summed E-state index contributed by atoms with van der Waals surface area (Å²) in [5.74, 6) is 0.279. The molecule has 0 aliphatic carbocycles. The molecule has 0 radical (unpaired) electrons. The Morgan fingerprint density at radius 3 is 2.29 bits per heavy atom. The molecule has 3 heterocycles. The van der Waals surface area contributed by atoms with Crippen LogP contribution in [0.2, 0.25) is 0 Å². The van der Waals surface area contributed by atoms with Crippen LogP contribution < -0.4 is 4.74 Å². The minimum atomic E-state index is -4.50. The fourth-order valence-corrected chi connectivity index (χ4v) is 5.14. The molecule has 3 aromatic rings. The van der Waals surface area contributed by atoms with Crippen LogP contribution in [0.4, 0.5) is 13.2 Å². The van der Waals surface area contributed by atoms with Gasteiger partial charge in [-0.1, -0.05) is 24.3 Å². The maximum absolute atomic E-state index is 13.8. The van der Waals surface area contributed by atoms with Crippen molar-refractivity contribution in [3.05, 3.63) is 83.2 Å². The first-order chi connectivity index (χ1) is 16.5. The van der Waals surface area contributed by atoms with Gasteiger partial charge < -0.3 is 19.3 Å². The highest BCUT2D eigenvalue weighted by atomic mass is 19.4. The van der Waals surface area contributed by atoms with Crippen molar-refractivity contribution in [2.75, 3.05) is 13.1 Å². The second-order valence-corrected chi connectivity index (χ2v) is 9.98. The van der Waals surface area contributed by atoms with E-state index in [-0.39, 0.29) is 5.91 Å². The maximum atomic E-state index is 13.8. The average molecular weight is 485 g/mol. The molecule has 5 rings (SSSR count). The fourth-order valence-electron chi connectivity index (χ4n) is 5.14. The standard InChI is InChI=1S/C27H27F3N2O3/c1-25(2,34)17-18-7-9-19(10-8-18)24(33)31-15-13-26(14-16-31)22-11-12-23(27(28,29)30)32(22)20-5-3-4-6-21(20)35-26/h3-12,34H,13-17H2,1-2H3. The Hall–Kier alpha value is -3.26. The molecule has 184 valence electrons. The molecular weight excluding hydrogens is 457 g/mol. The van der Waals surface area contributed by atoms with Crippen molar-refractivity contribution in [3.63, 3.8) is 0 Å². The van der Waals surface area contributed by atoms with Crippen LogP contribution in [0.5, 0.6) is 5.75 Å². The van der Waals surface area contributed by atoms with Gasteiger partial charge in [0.2, 0.25) is 0 Å². The molecule has 35 heavy (non-hydrogen) atoms. The molecule has 2 aromatic carbocycles. The number of aromatic nitrogens is 1. The summed E-state index contributed by atoms with van der Waals surface area (Å²) in [4.78, 5) is 14.8. The summed E-state index contributed by atoms with van der Waals surface area (Å²) in [7, 11) is 0. The van der Waals surface area contributed by atoms with E-state index in [0.29, 0.717) is 55.0 Å².